The molecule has 4 nitrogen and oxygen atoms in total. The van der Waals surface area contributed by atoms with Crippen molar-refractivity contribution in [3.05, 3.63) is 35.4 Å². The van der Waals surface area contributed by atoms with Crippen molar-refractivity contribution in [3.8, 4) is 0 Å². The maximum atomic E-state index is 12.3. The number of hydrogen-bond acceptors (Lipinski definition) is 3. The van der Waals surface area contributed by atoms with Gasteiger partial charge >= 0.3 is 0 Å². The van der Waals surface area contributed by atoms with E-state index in [0.717, 1.165) is 38.5 Å². The van der Waals surface area contributed by atoms with Crippen LogP contribution in [0.3, 0.4) is 0 Å². The normalized spacial score (nSPS) is 21.6. The Morgan fingerprint density at radius 2 is 2.04 bits per heavy atom. The van der Waals surface area contributed by atoms with Crippen LogP contribution in [0.5, 0.6) is 0 Å². The quantitative estimate of drug-likeness (QED) is 0.827. The molecular formula is C19H30ClN3O. The van der Waals surface area contributed by atoms with Gasteiger partial charge in [-0.2, -0.15) is 0 Å². The van der Waals surface area contributed by atoms with Gasteiger partial charge in [0.25, 0.3) is 0 Å². The van der Waals surface area contributed by atoms with Crippen LogP contribution in [-0.4, -0.2) is 43.5 Å². The smallest absolute Gasteiger partial charge is 0.234 e. The lowest BCUT2D eigenvalue weighted by atomic mass is 9.85. The Bertz CT molecular complexity index is 516. The van der Waals surface area contributed by atoms with E-state index in [2.05, 4.69) is 46.7 Å². The van der Waals surface area contributed by atoms with Crippen molar-refractivity contribution < 1.29 is 4.79 Å². The first-order chi connectivity index (χ1) is 11.3. The zero-order chi connectivity index (χ0) is 16.1. The number of carbonyl (C=O) groups excluding carboxylic acids is 1. The van der Waals surface area contributed by atoms with Crippen molar-refractivity contribution in [1.29, 1.82) is 0 Å². The molecule has 5 heteroatoms. The number of hydrogen-bond donors (Lipinski definition) is 2. The first-order valence-electron chi connectivity index (χ1n) is 9.06. The van der Waals surface area contributed by atoms with Crippen LogP contribution in [0.4, 0.5) is 0 Å². The standard InChI is InChI=1S/C19H29N3O.ClH/c1-2-15-6-8-17(9-7-15)18-13-20-10-11-22(18)14-19(23)21-12-16-4-3-5-16;/h6-9,16,18,20H,2-5,10-14H2,1H3,(H,21,23);1H. The predicted molar refractivity (Wildman–Crippen MR) is 101 cm³/mol. The largest absolute Gasteiger partial charge is 0.355 e. The van der Waals surface area contributed by atoms with E-state index in [1.807, 2.05) is 0 Å². The van der Waals surface area contributed by atoms with Gasteiger partial charge in [-0.15, -0.1) is 12.4 Å². The monoisotopic (exact) mass is 351 g/mol. The molecule has 1 aromatic carbocycles. The summed E-state index contributed by atoms with van der Waals surface area (Å²) < 4.78 is 0. The summed E-state index contributed by atoms with van der Waals surface area (Å²) in [6.07, 6.45) is 4.95. The molecule has 0 aromatic heterocycles. The molecule has 1 saturated carbocycles. The van der Waals surface area contributed by atoms with Crippen LogP contribution < -0.4 is 10.6 Å². The van der Waals surface area contributed by atoms with E-state index in [-0.39, 0.29) is 18.3 Å². The SMILES string of the molecule is CCc1ccc(C2CNCCN2CC(=O)NCC2CCC2)cc1.Cl. The number of aryl methyl sites for hydroxylation is 1. The molecule has 134 valence electrons. The van der Waals surface area contributed by atoms with Crippen LogP contribution in [0.25, 0.3) is 0 Å². The Hall–Kier alpha value is -1.10. The third kappa shape index (κ3) is 4.95. The molecule has 1 aliphatic heterocycles. The van der Waals surface area contributed by atoms with E-state index in [0.29, 0.717) is 12.6 Å². The van der Waals surface area contributed by atoms with Crippen molar-refractivity contribution in [1.82, 2.24) is 15.5 Å². The minimum atomic E-state index is 0. The zero-order valence-electron chi connectivity index (χ0n) is 14.6. The fourth-order valence-corrected chi connectivity index (χ4v) is 3.44. The molecule has 1 saturated heterocycles. The summed E-state index contributed by atoms with van der Waals surface area (Å²) in [5.74, 6) is 0.897. The molecule has 1 atom stereocenters. The van der Waals surface area contributed by atoms with Gasteiger partial charge in [0.2, 0.25) is 5.91 Å². The van der Waals surface area contributed by atoms with Crippen LogP contribution in [0.15, 0.2) is 24.3 Å². The Kier molecular flexibility index (Phi) is 7.53. The Morgan fingerprint density at radius 3 is 2.67 bits per heavy atom. The lowest BCUT2D eigenvalue weighted by molar-refractivity contribution is -0.123. The van der Waals surface area contributed by atoms with Crippen LogP contribution in [-0.2, 0) is 11.2 Å². The summed E-state index contributed by atoms with van der Waals surface area (Å²) in [6, 6.07) is 9.15. The van der Waals surface area contributed by atoms with Gasteiger partial charge in [0.15, 0.2) is 0 Å². The van der Waals surface area contributed by atoms with Crippen LogP contribution in [0.2, 0.25) is 0 Å². The van der Waals surface area contributed by atoms with Crippen molar-refractivity contribution in [3.63, 3.8) is 0 Å². The van der Waals surface area contributed by atoms with Crippen molar-refractivity contribution in [2.24, 2.45) is 5.92 Å². The second kappa shape index (κ2) is 9.40. The predicted octanol–water partition coefficient (Wildman–Crippen LogP) is 2.53. The number of carbonyl (C=O) groups is 1. The summed E-state index contributed by atoms with van der Waals surface area (Å²) in [5.41, 5.74) is 2.67. The van der Waals surface area contributed by atoms with E-state index >= 15 is 0 Å². The molecule has 1 aromatic rings. The molecule has 1 heterocycles. The lowest BCUT2D eigenvalue weighted by Crippen LogP contribution is -2.50. The first kappa shape index (κ1) is 19.2. The van der Waals surface area contributed by atoms with E-state index in [4.69, 9.17) is 0 Å². The van der Waals surface area contributed by atoms with Gasteiger partial charge in [-0.25, -0.2) is 0 Å². The molecular weight excluding hydrogens is 322 g/mol. The number of nitrogens with one attached hydrogen (secondary N) is 2. The third-order valence-electron chi connectivity index (χ3n) is 5.29. The molecule has 1 unspecified atom stereocenters. The van der Waals surface area contributed by atoms with Crippen molar-refractivity contribution in [2.75, 3.05) is 32.7 Å². The van der Waals surface area contributed by atoms with E-state index < -0.39 is 0 Å². The van der Waals surface area contributed by atoms with E-state index in [9.17, 15) is 4.79 Å². The molecule has 24 heavy (non-hydrogen) atoms. The fraction of sp³-hybridized carbons (Fsp3) is 0.632. The summed E-state index contributed by atoms with van der Waals surface area (Å²) in [6.45, 7) is 6.35. The number of amides is 1. The average Bonchev–Trinajstić information content (AvgIpc) is 2.54. The van der Waals surface area contributed by atoms with E-state index in [1.165, 1.54) is 30.4 Å². The molecule has 2 aliphatic rings. The minimum Gasteiger partial charge on any atom is -0.355 e. The first-order valence-corrected chi connectivity index (χ1v) is 9.06. The number of halogens is 1. The Morgan fingerprint density at radius 1 is 1.29 bits per heavy atom. The second-order valence-corrected chi connectivity index (χ2v) is 6.89. The Labute approximate surface area is 151 Å². The molecule has 2 N–H and O–H groups in total. The number of nitrogens with zero attached hydrogens (tertiary/aromatic N) is 1. The van der Waals surface area contributed by atoms with Crippen LogP contribution in [0.1, 0.15) is 43.4 Å². The number of piperazine rings is 1. The molecule has 1 amide bonds. The summed E-state index contributed by atoms with van der Waals surface area (Å²) in [7, 11) is 0. The Balaban J connectivity index is 0.00000208. The van der Waals surface area contributed by atoms with Crippen LogP contribution >= 0.6 is 12.4 Å². The van der Waals surface area contributed by atoms with Gasteiger partial charge in [0.1, 0.15) is 0 Å². The molecule has 3 rings (SSSR count). The number of benzene rings is 1. The summed E-state index contributed by atoms with van der Waals surface area (Å²) >= 11 is 0. The van der Waals surface area contributed by atoms with Gasteiger partial charge in [0, 0.05) is 32.2 Å². The van der Waals surface area contributed by atoms with Gasteiger partial charge in [-0.1, -0.05) is 37.6 Å². The highest BCUT2D eigenvalue weighted by Gasteiger charge is 2.26. The van der Waals surface area contributed by atoms with Crippen molar-refractivity contribution >= 4 is 18.3 Å². The highest BCUT2D eigenvalue weighted by Crippen LogP contribution is 2.25. The van der Waals surface area contributed by atoms with Gasteiger partial charge in [-0.3, -0.25) is 9.69 Å². The summed E-state index contributed by atoms with van der Waals surface area (Å²) in [5, 5.41) is 6.58. The van der Waals surface area contributed by atoms with Crippen LogP contribution in [0, 0.1) is 5.92 Å². The van der Waals surface area contributed by atoms with Gasteiger partial charge in [0.05, 0.1) is 6.54 Å². The second-order valence-electron chi connectivity index (χ2n) is 6.89. The topological polar surface area (TPSA) is 44.4 Å². The maximum Gasteiger partial charge on any atom is 0.234 e. The highest BCUT2D eigenvalue weighted by molar-refractivity contribution is 5.85. The maximum absolute atomic E-state index is 12.3. The lowest BCUT2D eigenvalue weighted by Gasteiger charge is -2.36. The number of rotatable bonds is 6. The van der Waals surface area contributed by atoms with Gasteiger partial charge in [-0.05, 0) is 36.3 Å². The molecule has 2 fully saturated rings. The highest BCUT2D eigenvalue weighted by atomic mass is 35.5. The molecule has 1 aliphatic carbocycles. The molecule has 0 bridgehead atoms. The van der Waals surface area contributed by atoms with Crippen molar-refractivity contribution in [2.45, 2.75) is 38.6 Å². The van der Waals surface area contributed by atoms with Gasteiger partial charge < -0.3 is 10.6 Å². The van der Waals surface area contributed by atoms with E-state index in [1.54, 1.807) is 0 Å². The molecule has 0 radical (unpaired) electrons. The minimum absolute atomic E-state index is 0. The summed E-state index contributed by atoms with van der Waals surface area (Å²) in [4.78, 5) is 14.6. The average molecular weight is 352 g/mol. The zero-order valence-corrected chi connectivity index (χ0v) is 15.4. The fourth-order valence-electron chi connectivity index (χ4n) is 3.44. The third-order valence-corrected chi connectivity index (χ3v) is 5.29. The molecule has 0 spiro atoms.